The molecule has 0 saturated carbocycles. The minimum absolute atomic E-state index is 0.0283. The van der Waals surface area contributed by atoms with Gasteiger partial charge in [-0.05, 0) is 34.7 Å². The number of benzene rings is 1. The van der Waals surface area contributed by atoms with Crippen LogP contribution >= 0.6 is 34.2 Å². The van der Waals surface area contributed by atoms with Crippen LogP contribution in [0, 0.1) is 14.3 Å². The second-order valence-electron chi connectivity index (χ2n) is 2.15. The lowest BCUT2D eigenvalue weighted by Gasteiger charge is -2.00. The molecule has 0 aromatic heterocycles. The van der Waals surface area contributed by atoms with Crippen LogP contribution in [0.2, 0.25) is 5.02 Å². The van der Waals surface area contributed by atoms with Crippen molar-refractivity contribution in [3.05, 3.63) is 37.0 Å². The fourth-order valence-electron chi connectivity index (χ4n) is 0.794. The monoisotopic (exact) mass is 299 g/mol. The maximum atomic E-state index is 13.0. The van der Waals surface area contributed by atoms with Crippen LogP contribution in [0.1, 0.15) is 5.56 Å². The van der Waals surface area contributed by atoms with Gasteiger partial charge in [-0.15, -0.1) is 0 Å². The van der Waals surface area contributed by atoms with E-state index in [4.69, 9.17) is 11.6 Å². The Hall–Kier alpha value is -0.230. The molecule has 0 N–H and O–H groups in total. The summed E-state index contributed by atoms with van der Waals surface area (Å²) in [6.07, 6.45) is 0. The molecule has 0 fully saturated rings. The van der Waals surface area contributed by atoms with Crippen molar-refractivity contribution in [2.24, 2.45) is 5.18 Å². The predicted octanol–water partition coefficient (Wildman–Crippen LogP) is 3.35. The molecule has 2 nitrogen and oxygen atoms in total. The number of hydrogen-bond acceptors (Lipinski definition) is 2. The van der Waals surface area contributed by atoms with E-state index in [1.165, 1.54) is 6.07 Å². The standard InChI is InChI=1S/C7H4ClFINO/c8-6-2-5(10)1-4(3-11-12)7(6)9/h1-2H,3H2. The molecule has 0 radical (unpaired) electrons. The third-order valence-electron chi connectivity index (χ3n) is 1.30. The minimum Gasteiger partial charge on any atom is -0.205 e. The highest BCUT2D eigenvalue weighted by molar-refractivity contribution is 14.1. The SMILES string of the molecule is O=NCc1cc(I)cc(Cl)c1F. The Balaban J connectivity index is 3.17. The van der Waals surface area contributed by atoms with Gasteiger partial charge in [0.25, 0.3) is 0 Å². The van der Waals surface area contributed by atoms with Crippen molar-refractivity contribution in [1.29, 1.82) is 0 Å². The van der Waals surface area contributed by atoms with Crippen LogP contribution in [0.4, 0.5) is 4.39 Å². The molecule has 64 valence electrons. The second kappa shape index (κ2) is 4.13. The van der Waals surface area contributed by atoms with Crippen LogP contribution in [0.5, 0.6) is 0 Å². The quantitative estimate of drug-likeness (QED) is 0.468. The maximum Gasteiger partial charge on any atom is 0.147 e. The van der Waals surface area contributed by atoms with Crippen LogP contribution in [0.15, 0.2) is 17.3 Å². The first-order valence-corrected chi connectivity index (χ1v) is 4.53. The zero-order valence-corrected chi connectivity index (χ0v) is 8.76. The average molecular weight is 299 g/mol. The Morgan fingerprint density at radius 1 is 1.58 bits per heavy atom. The van der Waals surface area contributed by atoms with E-state index in [0.29, 0.717) is 0 Å². The second-order valence-corrected chi connectivity index (χ2v) is 3.80. The van der Waals surface area contributed by atoms with Crippen LogP contribution in [0.3, 0.4) is 0 Å². The van der Waals surface area contributed by atoms with Crippen molar-refractivity contribution in [3.63, 3.8) is 0 Å². The fourth-order valence-corrected chi connectivity index (χ4v) is 1.90. The van der Waals surface area contributed by atoms with E-state index >= 15 is 0 Å². The Bertz CT molecular complexity index is 319. The molecule has 0 bridgehead atoms. The highest BCUT2D eigenvalue weighted by Crippen LogP contribution is 2.22. The van der Waals surface area contributed by atoms with Gasteiger partial charge in [-0.1, -0.05) is 16.8 Å². The van der Waals surface area contributed by atoms with Gasteiger partial charge in [-0.2, -0.15) is 4.91 Å². The first kappa shape index (κ1) is 9.85. The molecular formula is C7H4ClFINO. The summed E-state index contributed by atoms with van der Waals surface area (Å²) in [5.74, 6) is -0.559. The van der Waals surface area contributed by atoms with Crippen molar-refractivity contribution < 1.29 is 4.39 Å². The third-order valence-corrected chi connectivity index (χ3v) is 2.20. The zero-order chi connectivity index (χ0) is 9.14. The van der Waals surface area contributed by atoms with Crippen molar-refractivity contribution in [2.45, 2.75) is 6.54 Å². The highest BCUT2D eigenvalue weighted by atomic mass is 127. The molecule has 0 amide bonds. The Labute approximate surface area is 87.2 Å². The largest absolute Gasteiger partial charge is 0.205 e. The number of nitroso groups, excluding NO2 is 1. The fraction of sp³-hybridized carbons (Fsp3) is 0.143. The summed E-state index contributed by atoms with van der Waals surface area (Å²) >= 11 is 7.52. The molecule has 0 saturated heterocycles. The molecule has 0 atom stereocenters. The van der Waals surface area contributed by atoms with E-state index in [0.717, 1.165) is 3.57 Å². The van der Waals surface area contributed by atoms with E-state index in [-0.39, 0.29) is 17.1 Å². The molecule has 12 heavy (non-hydrogen) atoms. The van der Waals surface area contributed by atoms with Crippen LogP contribution in [0.25, 0.3) is 0 Å². The topological polar surface area (TPSA) is 29.4 Å². The Morgan fingerprint density at radius 3 is 2.83 bits per heavy atom. The molecule has 0 aliphatic rings. The first-order valence-electron chi connectivity index (χ1n) is 3.07. The summed E-state index contributed by atoms with van der Waals surface area (Å²) in [4.78, 5) is 9.89. The lowest BCUT2D eigenvalue weighted by molar-refractivity contribution is 0.610. The smallest absolute Gasteiger partial charge is 0.147 e. The average Bonchev–Trinajstić information content (AvgIpc) is 2.00. The van der Waals surface area contributed by atoms with Crippen LogP contribution in [-0.4, -0.2) is 0 Å². The van der Waals surface area contributed by atoms with Gasteiger partial charge in [0.15, 0.2) is 0 Å². The molecule has 5 heteroatoms. The van der Waals surface area contributed by atoms with Gasteiger partial charge in [0.05, 0.1) is 5.02 Å². The van der Waals surface area contributed by atoms with Gasteiger partial charge in [0, 0.05) is 9.13 Å². The summed E-state index contributed by atoms with van der Waals surface area (Å²) < 4.78 is 13.8. The number of halogens is 3. The van der Waals surface area contributed by atoms with E-state index in [1.54, 1.807) is 6.07 Å². The van der Waals surface area contributed by atoms with Gasteiger partial charge in [0.1, 0.15) is 12.4 Å². The van der Waals surface area contributed by atoms with Crippen molar-refractivity contribution in [2.75, 3.05) is 0 Å². The molecule has 0 aliphatic carbocycles. The number of hydrogen-bond donors (Lipinski definition) is 0. The van der Waals surface area contributed by atoms with Crippen molar-refractivity contribution >= 4 is 34.2 Å². The predicted molar refractivity (Wildman–Crippen MR) is 53.6 cm³/mol. The molecule has 0 aliphatic heterocycles. The lowest BCUT2D eigenvalue weighted by atomic mass is 10.2. The van der Waals surface area contributed by atoms with E-state index < -0.39 is 5.82 Å². The number of nitrogens with zero attached hydrogens (tertiary/aromatic N) is 1. The Morgan fingerprint density at radius 2 is 2.25 bits per heavy atom. The molecule has 0 spiro atoms. The summed E-state index contributed by atoms with van der Waals surface area (Å²) in [5, 5.41) is 2.63. The van der Waals surface area contributed by atoms with Crippen LogP contribution in [-0.2, 0) is 6.54 Å². The summed E-state index contributed by atoms with van der Waals surface area (Å²) in [6, 6.07) is 3.04. The normalized spacial score (nSPS) is 9.92. The van der Waals surface area contributed by atoms with Crippen molar-refractivity contribution in [3.8, 4) is 0 Å². The van der Waals surface area contributed by atoms with Gasteiger partial charge < -0.3 is 0 Å². The molecule has 0 heterocycles. The van der Waals surface area contributed by atoms with Gasteiger partial charge in [-0.25, -0.2) is 4.39 Å². The van der Waals surface area contributed by atoms with Gasteiger partial charge in [-0.3, -0.25) is 0 Å². The summed E-state index contributed by atoms with van der Waals surface area (Å²) in [6.45, 7) is -0.178. The molecule has 0 unspecified atom stereocenters. The highest BCUT2D eigenvalue weighted by Gasteiger charge is 2.07. The maximum absolute atomic E-state index is 13.0. The minimum atomic E-state index is -0.559. The van der Waals surface area contributed by atoms with E-state index in [1.807, 2.05) is 22.6 Å². The van der Waals surface area contributed by atoms with Gasteiger partial charge >= 0.3 is 0 Å². The molecule has 1 rings (SSSR count). The molecule has 1 aromatic carbocycles. The van der Waals surface area contributed by atoms with Crippen LogP contribution < -0.4 is 0 Å². The lowest BCUT2D eigenvalue weighted by Crippen LogP contribution is -1.90. The third kappa shape index (κ3) is 2.13. The Kier molecular flexibility index (Phi) is 3.39. The summed E-state index contributed by atoms with van der Waals surface area (Å²) in [5.41, 5.74) is 0.238. The van der Waals surface area contributed by atoms with E-state index in [2.05, 4.69) is 5.18 Å². The zero-order valence-electron chi connectivity index (χ0n) is 5.85. The molecule has 1 aromatic rings. The first-order chi connectivity index (χ1) is 5.65. The van der Waals surface area contributed by atoms with Crippen molar-refractivity contribution in [1.82, 2.24) is 0 Å². The van der Waals surface area contributed by atoms with Gasteiger partial charge in [0.2, 0.25) is 0 Å². The number of rotatable bonds is 2. The van der Waals surface area contributed by atoms with E-state index in [9.17, 15) is 9.30 Å². The summed E-state index contributed by atoms with van der Waals surface area (Å²) in [7, 11) is 0. The molecular weight excluding hydrogens is 295 g/mol.